The van der Waals surface area contributed by atoms with Gasteiger partial charge in [-0.05, 0) is 55.3 Å². The van der Waals surface area contributed by atoms with Gasteiger partial charge in [-0.2, -0.15) is 0 Å². The largest absolute Gasteiger partial charge is 0.370 e. The highest BCUT2D eigenvalue weighted by Gasteiger charge is 2.18. The number of carbonyl (C=O) groups excluding carboxylic acids is 3. The first kappa shape index (κ1) is 19.9. The van der Waals surface area contributed by atoms with Crippen molar-refractivity contribution >= 4 is 45.0 Å². The van der Waals surface area contributed by atoms with Crippen molar-refractivity contribution in [1.82, 2.24) is 5.32 Å². The zero-order valence-corrected chi connectivity index (χ0v) is 16.8. The highest BCUT2D eigenvalue weighted by molar-refractivity contribution is 9.10. The molecule has 1 aliphatic rings. The molecule has 1 saturated heterocycles. The molecule has 3 rings (SSSR count). The number of carbonyl (C=O) groups is 3. The molecule has 8 heteroatoms. The molecular formula is C20H21BrN4O3. The lowest BCUT2D eigenvalue weighted by molar-refractivity contribution is -0.115. The lowest BCUT2D eigenvalue weighted by atomic mass is 10.1. The Bertz CT molecular complexity index is 893. The summed E-state index contributed by atoms with van der Waals surface area (Å²) in [5.41, 5.74) is 7.50. The minimum atomic E-state index is -0.563. The average molecular weight is 445 g/mol. The minimum Gasteiger partial charge on any atom is -0.370 e. The van der Waals surface area contributed by atoms with E-state index in [0.717, 1.165) is 36.1 Å². The van der Waals surface area contributed by atoms with Gasteiger partial charge < -0.3 is 21.3 Å². The van der Waals surface area contributed by atoms with Gasteiger partial charge in [0.25, 0.3) is 5.91 Å². The second kappa shape index (κ2) is 8.88. The summed E-state index contributed by atoms with van der Waals surface area (Å²) in [6, 6.07) is 11.9. The molecule has 0 radical (unpaired) electrons. The molecule has 1 heterocycles. The molecule has 0 aromatic heterocycles. The number of nitrogens with two attached hydrogens (primary N) is 1. The molecule has 146 valence electrons. The lowest BCUT2D eigenvalue weighted by Gasteiger charge is -2.22. The molecule has 3 amide bonds. The Hall–Kier alpha value is -2.87. The van der Waals surface area contributed by atoms with E-state index in [4.69, 9.17) is 5.73 Å². The molecule has 1 fully saturated rings. The van der Waals surface area contributed by atoms with Gasteiger partial charge in [-0.15, -0.1) is 0 Å². The summed E-state index contributed by atoms with van der Waals surface area (Å²) in [5, 5.41) is 5.38. The Morgan fingerprint density at radius 2 is 1.64 bits per heavy atom. The summed E-state index contributed by atoms with van der Waals surface area (Å²) in [7, 11) is 0. The van der Waals surface area contributed by atoms with Crippen LogP contribution in [0.3, 0.4) is 0 Å². The maximum Gasteiger partial charge on any atom is 0.251 e. The third kappa shape index (κ3) is 4.89. The zero-order valence-electron chi connectivity index (χ0n) is 15.2. The van der Waals surface area contributed by atoms with Crippen LogP contribution in [-0.2, 0) is 4.79 Å². The molecule has 2 aromatic carbocycles. The second-order valence-corrected chi connectivity index (χ2v) is 7.44. The maximum absolute atomic E-state index is 12.4. The summed E-state index contributed by atoms with van der Waals surface area (Å²) in [6.07, 6.45) is 2.16. The predicted molar refractivity (Wildman–Crippen MR) is 112 cm³/mol. The third-order valence-corrected chi connectivity index (χ3v) is 5.05. The van der Waals surface area contributed by atoms with Crippen molar-refractivity contribution in [1.29, 1.82) is 0 Å². The monoisotopic (exact) mass is 444 g/mol. The van der Waals surface area contributed by atoms with E-state index in [1.54, 1.807) is 42.5 Å². The van der Waals surface area contributed by atoms with Gasteiger partial charge in [0.2, 0.25) is 11.8 Å². The number of anilines is 2. The van der Waals surface area contributed by atoms with Gasteiger partial charge in [-0.25, -0.2) is 0 Å². The molecule has 0 bridgehead atoms. The summed E-state index contributed by atoms with van der Waals surface area (Å²) in [4.78, 5) is 38.2. The van der Waals surface area contributed by atoms with Crippen LogP contribution in [0.4, 0.5) is 11.4 Å². The fraction of sp³-hybridized carbons (Fsp3) is 0.250. The SMILES string of the molecule is NC(=O)c1ccc(N2CCCC2)c(NC(=O)CNC(=O)c2ccc(Br)cc2)c1. The number of primary amides is 1. The van der Waals surface area contributed by atoms with E-state index >= 15 is 0 Å². The van der Waals surface area contributed by atoms with Crippen molar-refractivity contribution in [3.05, 3.63) is 58.1 Å². The number of nitrogens with zero attached hydrogens (tertiary/aromatic N) is 1. The Kier molecular flexibility index (Phi) is 6.30. The van der Waals surface area contributed by atoms with E-state index < -0.39 is 5.91 Å². The minimum absolute atomic E-state index is 0.185. The molecule has 0 saturated carbocycles. The molecule has 2 aromatic rings. The number of halogens is 1. The van der Waals surface area contributed by atoms with Crippen LogP contribution in [0.25, 0.3) is 0 Å². The van der Waals surface area contributed by atoms with Crippen molar-refractivity contribution in [3.8, 4) is 0 Å². The maximum atomic E-state index is 12.4. The van der Waals surface area contributed by atoms with E-state index in [0.29, 0.717) is 16.8 Å². The van der Waals surface area contributed by atoms with Crippen molar-refractivity contribution in [2.75, 3.05) is 29.9 Å². The van der Waals surface area contributed by atoms with Gasteiger partial charge in [-0.3, -0.25) is 14.4 Å². The quantitative estimate of drug-likeness (QED) is 0.636. The number of benzene rings is 2. The van der Waals surface area contributed by atoms with Crippen molar-refractivity contribution in [3.63, 3.8) is 0 Å². The lowest BCUT2D eigenvalue weighted by Crippen LogP contribution is -2.33. The first-order chi connectivity index (χ1) is 13.4. The van der Waals surface area contributed by atoms with Gasteiger partial charge in [-0.1, -0.05) is 15.9 Å². The van der Waals surface area contributed by atoms with Gasteiger partial charge in [0.1, 0.15) is 0 Å². The average Bonchev–Trinajstić information content (AvgIpc) is 3.21. The molecule has 0 unspecified atom stereocenters. The molecule has 7 nitrogen and oxygen atoms in total. The number of amides is 3. The summed E-state index contributed by atoms with van der Waals surface area (Å²) >= 11 is 3.31. The van der Waals surface area contributed by atoms with Crippen LogP contribution in [0.15, 0.2) is 46.9 Å². The van der Waals surface area contributed by atoms with Gasteiger partial charge in [0, 0.05) is 28.7 Å². The van der Waals surface area contributed by atoms with Crippen LogP contribution in [-0.4, -0.2) is 37.4 Å². The standard InChI is InChI=1S/C20H21BrN4O3/c21-15-6-3-13(4-7-15)20(28)23-12-18(26)24-16-11-14(19(22)27)5-8-17(16)25-9-1-2-10-25/h3-8,11H,1-2,9-10,12H2,(H2,22,27)(H,23,28)(H,24,26). The topological polar surface area (TPSA) is 105 Å². The van der Waals surface area contributed by atoms with Crippen molar-refractivity contribution in [2.24, 2.45) is 5.73 Å². The Morgan fingerprint density at radius 1 is 1.00 bits per heavy atom. The molecule has 4 N–H and O–H groups in total. The van der Waals surface area contributed by atoms with Crippen molar-refractivity contribution in [2.45, 2.75) is 12.8 Å². The van der Waals surface area contributed by atoms with E-state index in [1.165, 1.54) is 0 Å². The summed E-state index contributed by atoms with van der Waals surface area (Å²) < 4.78 is 0.866. The van der Waals surface area contributed by atoms with Gasteiger partial charge in [0.05, 0.1) is 17.9 Å². The van der Waals surface area contributed by atoms with Crippen LogP contribution in [0.2, 0.25) is 0 Å². The second-order valence-electron chi connectivity index (χ2n) is 6.53. The molecule has 0 aliphatic carbocycles. The normalized spacial score (nSPS) is 13.2. The summed E-state index contributed by atoms with van der Waals surface area (Å²) in [6.45, 7) is 1.59. The molecule has 0 spiro atoms. The van der Waals surface area contributed by atoms with Crippen molar-refractivity contribution < 1.29 is 14.4 Å². The Morgan fingerprint density at radius 3 is 2.29 bits per heavy atom. The van der Waals surface area contributed by atoms with Crippen LogP contribution in [0.1, 0.15) is 33.6 Å². The van der Waals surface area contributed by atoms with Crippen LogP contribution in [0, 0.1) is 0 Å². The smallest absolute Gasteiger partial charge is 0.251 e. The first-order valence-corrected chi connectivity index (χ1v) is 9.76. The highest BCUT2D eigenvalue weighted by Crippen LogP contribution is 2.30. The van der Waals surface area contributed by atoms with Gasteiger partial charge >= 0.3 is 0 Å². The van der Waals surface area contributed by atoms with E-state index in [-0.39, 0.29) is 18.4 Å². The Labute approximate surface area is 171 Å². The molecule has 28 heavy (non-hydrogen) atoms. The van der Waals surface area contributed by atoms with Crippen LogP contribution in [0.5, 0.6) is 0 Å². The predicted octanol–water partition coefficient (Wildman–Crippen LogP) is 2.52. The molecule has 0 atom stereocenters. The highest BCUT2D eigenvalue weighted by atomic mass is 79.9. The number of rotatable bonds is 6. The first-order valence-electron chi connectivity index (χ1n) is 8.96. The number of hydrogen-bond donors (Lipinski definition) is 3. The van der Waals surface area contributed by atoms with E-state index in [1.807, 2.05) is 0 Å². The fourth-order valence-electron chi connectivity index (χ4n) is 3.08. The third-order valence-electron chi connectivity index (χ3n) is 4.52. The fourth-order valence-corrected chi connectivity index (χ4v) is 3.35. The van der Waals surface area contributed by atoms with Crippen LogP contribution < -0.4 is 21.3 Å². The van der Waals surface area contributed by atoms with E-state index in [9.17, 15) is 14.4 Å². The number of hydrogen-bond acceptors (Lipinski definition) is 4. The van der Waals surface area contributed by atoms with E-state index in [2.05, 4.69) is 31.5 Å². The van der Waals surface area contributed by atoms with Crippen LogP contribution >= 0.6 is 15.9 Å². The zero-order chi connectivity index (χ0) is 20.1. The Balaban J connectivity index is 1.68. The van der Waals surface area contributed by atoms with Gasteiger partial charge in [0.15, 0.2) is 0 Å². The molecule has 1 aliphatic heterocycles. The number of nitrogens with one attached hydrogen (secondary N) is 2. The summed E-state index contributed by atoms with van der Waals surface area (Å²) in [5.74, 6) is -1.28. The molecular weight excluding hydrogens is 424 g/mol.